The number of benzene rings is 1. The van der Waals surface area contributed by atoms with Crippen molar-refractivity contribution in [1.82, 2.24) is 9.88 Å². The Bertz CT molecular complexity index is 848. The predicted octanol–water partition coefficient (Wildman–Crippen LogP) is 2.62. The molecule has 124 valence electrons. The van der Waals surface area contributed by atoms with Crippen LogP contribution in [0.3, 0.4) is 0 Å². The van der Waals surface area contributed by atoms with E-state index in [0.29, 0.717) is 11.7 Å². The number of aromatic amines is 1. The van der Waals surface area contributed by atoms with Gasteiger partial charge in [0.25, 0.3) is 0 Å². The van der Waals surface area contributed by atoms with Crippen LogP contribution in [0.1, 0.15) is 30.0 Å². The Morgan fingerprint density at radius 2 is 2.00 bits per heavy atom. The van der Waals surface area contributed by atoms with Gasteiger partial charge in [-0.15, -0.1) is 0 Å². The van der Waals surface area contributed by atoms with Gasteiger partial charge in [0.2, 0.25) is 0 Å². The van der Waals surface area contributed by atoms with Crippen LogP contribution >= 0.6 is 0 Å². The number of hydrogen-bond donors (Lipinski definition) is 1. The zero-order valence-electron chi connectivity index (χ0n) is 13.5. The molecule has 5 rings (SSSR count). The Hall–Kier alpha value is -1.53. The van der Waals surface area contributed by atoms with E-state index in [1.165, 1.54) is 42.6 Å². The van der Waals surface area contributed by atoms with Crippen molar-refractivity contribution < 1.29 is 12.6 Å². The number of nitrogens with zero attached hydrogens (tertiary/aromatic N) is 1. The Labute approximate surface area is 136 Å². The number of nitrogens with one attached hydrogen (secondary N) is 1. The lowest BCUT2D eigenvalue weighted by atomic mass is 9.75. The van der Waals surface area contributed by atoms with Crippen molar-refractivity contribution in [3.8, 4) is 5.75 Å². The molecule has 2 bridgehead atoms. The Balaban J connectivity index is 1.74. The molecular weight excluding hydrogens is 312 g/mol. The standard InChI is InChI=1S/C17H22N2O3S/c1-11-17(15-10-19-7-5-12(15)6-8-19)14-4-3-13(9-16(14)18-11)22-23(2,20)21/h3-4,9,12,15,18H,5-8,10H2,1-2H3. The maximum absolute atomic E-state index is 11.3. The number of aryl methyl sites for hydroxylation is 1. The van der Waals surface area contributed by atoms with E-state index >= 15 is 0 Å². The monoisotopic (exact) mass is 334 g/mol. The van der Waals surface area contributed by atoms with Crippen molar-refractivity contribution in [3.63, 3.8) is 0 Å². The number of fused-ring (bicyclic) bond motifs is 4. The van der Waals surface area contributed by atoms with E-state index in [-0.39, 0.29) is 0 Å². The van der Waals surface area contributed by atoms with E-state index in [1.54, 1.807) is 12.1 Å². The van der Waals surface area contributed by atoms with Crippen LogP contribution in [0.15, 0.2) is 18.2 Å². The van der Waals surface area contributed by atoms with Gasteiger partial charge in [0, 0.05) is 35.1 Å². The lowest BCUT2D eigenvalue weighted by molar-refractivity contribution is 0.0874. The van der Waals surface area contributed by atoms with Crippen LogP contribution in [0.5, 0.6) is 5.75 Å². The molecule has 0 amide bonds. The first-order chi connectivity index (χ1) is 10.9. The van der Waals surface area contributed by atoms with Crippen LogP contribution in [0, 0.1) is 12.8 Å². The molecule has 1 unspecified atom stereocenters. The molecule has 0 spiro atoms. The van der Waals surface area contributed by atoms with Crippen LogP contribution in [-0.2, 0) is 10.1 Å². The molecule has 3 aliphatic rings. The number of piperidine rings is 3. The molecule has 0 saturated carbocycles. The van der Waals surface area contributed by atoms with Crippen molar-refractivity contribution in [1.29, 1.82) is 0 Å². The van der Waals surface area contributed by atoms with Gasteiger partial charge in [-0.2, -0.15) is 8.42 Å². The van der Waals surface area contributed by atoms with Crippen LogP contribution in [0.25, 0.3) is 10.9 Å². The molecule has 3 aliphatic heterocycles. The highest BCUT2D eigenvalue weighted by Gasteiger charge is 2.36. The van der Waals surface area contributed by atoms with Crippen molar-refractivity contribution >= 4 is 21.0 Å². The largest absolute Gasteiger partial charge is 0.383 e. The molecule has 1 aromatic carbocycles. The Morgan fingerprint density at radius 1 is 1.26 bits per heavy atom. The minimum Gasteiger partial charge on any atom is -0.383 e. The minimum absolute atomic E-state index is 0.363. The summed E-state index contributed by atoms with van der Waals surface area (Å²) < 4.78 is 27.6. The van der Waals surface area contributed by atoms with Gasteiger partial charge in [-0.3, -0.25) is 0 Å². The van der Waals surface area contributed by atoms with Gasteiger partial charge in [0.1, 0.15) is 5.75 Å². The molecule has 6 heteroatoms. The highest BCUT2D eigenvalue weighted by molar-refractivity contribution is 7.86. The first kappa shape index (κ1) is 15.0. The third-order valence-electron chi connectivity index (χ3n) is 5.28. The molecule has 0 aliphatic carbocycles. The summed E-state index contributed by atoms with van der Waals surface area (Å²) in [6, 6.07) is 5.53. The normalized spacial score (nSPS) is 27.5. The van der Waals surface area contributed by atoms with Gasteiger partial charge in [0.15, 0.2) is 0 Å². The second kappa shape index (κ2) is 5.24. The summed E-state index contributed by atoms with van der Waals surface area (Å²) in [4.78, 5) is 5.98. The fraction of sp³-hybridized carbons (Fsp3) is 0.529. The molecule has 4 heterocycles. The third-order valence-corrected chi connectivity index (χ3v) is 5.78. The molecule has 1 atom stereocenters. The smallest absolute Gasteiger partial charge is 0.306 e. The molecule has 3 fully saturated rings. The van der Waals surface area contributed by atoms with Gasteiger partial charge in [-0.25, -0.2) is 0 Å². The molecule has 0 radical (unpaired) electrons. The molecular formula is C17H22N2O3S. The number of aromatic nitrogens is 1. The van der Waals surface area contributed by atoms with Crippen LogP contribution < -0.4 is 4.18 Å². The van der Waals surface area contributed by atoms with Gasteiger partial charge in [-0.05, 0) is 56.5 Å². The summed E-state index contributed by atoms with van der Waals surface area (Å²) in [6.45, 7) is 5.72. The summed E-state index contributed by atoms with van der Waals surface area (Å²) in [5.41, 5.74) is 3.55. The van der Waals surface area contributed by atoms with E-state index in [2.05, 4.69) is 16.8 Å². The molecule has 3 saturated heterocycles. The van der Waals surface area contributed by atoms with E-state index < -0.39 is 10.1 Å². The van der Waals surface area contributed by atoms with Gasteiger partial charge < -0.3 is 14.1 Å². The van der Waals surface area contributed by atoms with Crippen molar-refractivity contribution in [3.05, 3.63) is 29.5 Å². The second-order valence-corrected chi connectivity index (χ2v) is 8.48. The zero-order valence-corrected chi connectivity index (χ0v) is 14.3. The molecule has 5 nitrogen and oxygen atoms in total. The van der Waals surface area contributed by atoms with Crippen LogP contribution in [0.4, 0.5) is 0 Å². The maximum Gasteiger partial charge on any atom is 0.306 e. The van der Waals surface area contributed by atoms with Crippen molar-refractivity contribution in [2.45, 2.75) is 25.7 Å². The van der Waals surface area contributed by atoms with Crippen molar-refractivity contribution in [2.75, 3.05) is 25.9 Å². The Kier molecular flexibility index (Phi) is 3.43. The molecule has 2 aromatic rings. The SMILES string of the molecule is Cc1[nH]c2cc(OS(C)(=O)=O)ccc2c1C1CN2CCC1CC2. The first-order valence-corrected chi connectivity index (χ1v) is 9.96. The summed E-state index contributed by atoms with van der Waals surface area (Å²) in [6.07, 6.45) is 3.63. The van der Waals surface area contributed by atoms with Crippen LogP contribution in [0.2, 0.25) is 0 Å². The van der Waals surface area contributed by atoms with Crippen LogP contribution in [-0.4, -0.2) is 44.2 Å². The number of rotatable bonds is 3. The summed E-state index contributed by atoms with van der Waals surface area (Å²) in [7, 11) is -3.50. The fourth-order valence-corrected chi connectivity index (χ4v) is 4.78. The van der Waals surface area contributed by atoms with Gasteiger partial charge in [0.05, 0.1) is 6.26 Å². The van der Waals surface area contributed by atoms with Crippen molar-refractivity contribution in [2.24, 2.45) is 5.92 Å². The van der Waals surface area contributed by atoms with Gasteiger partial charge >= 0.3 is 10.1 Å². The van der Waals surface area contributed by atoms with E-state index in [9.17, 15) is 8.42 Å². The predicted molar refractivity (Wildman–Crippen MR) is 90.4 cm³/mol. The zero-order chi connectivity index (χ0) is 16.2. The summed E-state index contributed by atoms with van der Waals surface area (Å²) >= 11 is 0. The molecule has 1 aromatic heterocycles. The lowest BCUT2D eigenvalue weighted by Crippen LogP contribution is -2.46. The fourth-order valence-electron chi connectivity index (χ4n) is 4.33. The molecule has 23 heavy (non-hydrogen) atoms. The second-order valence-electron chi connectivity index (χ2n) is 6.90. The highest BCUT2D eigenvalue weighted by atomic mass is 32.2. The maximum atomic E-state index is 11.3. The lowest BCUT2D eigenvalue weighted by Gasteiger charge is -2.45. The van der Waals surface area contributed by atoms with Gasteiger partial charge in [-0.1, -0.05) is 0 Å². The third kappa shape index (κ3) is 2.74. The minimum atomic E-state index is -3.50. The first-order valence-electron chi connectivity index (χ1n) is 8.15. The topological polar surface area (TPSA) is 62.4 Å². The summed E-state index contributed by atoms with van der Waals surface area (Å²) in [5, 5.41) is 1.20. The Morgan fingerprint density at radius 3 is 2.61 bits per heavy atom. The quantitative estimate of drug-likeness (QED) is 0.877. The van der Waals surface area contributed by atoms with E-state index in [0.717, 1.165) is 24.2 Å². The summed E-state index contributed by atoms with van der Waals surface area (Å²) in [5.74, 6) is 1.71. The number of hydrogen-bond acceptors (Lipinski definition) is 4. The average Bonchev–Trinajstić information content (AvgIpc) is 2.81. The highest BCUT2D eigenvalue weighted by Crippen LogP contribution is 2.43. The average molecular weight is 334 g/mol. The van der Waals surface area contributed by atoms with E-state index in [1.807, 2.05) is 6.07 Å². The molecule has 1 N–H and O–H groups in total. The van der Waals surface area contributed by atoms with E-state index in [4.69, 9.17) is 4.18 Å². The number of H-pyrrole nitrogens is 1.